The molecule has 5 heteroatoms. The van der Waals surface area contributed by atoms with Crippen LogP contribution in [0.25, 0.3) is 10.4 Å². The van der Waals surface area contributed by atoms with Crippen molar-refractivity contribution in [3.63, 3.8) is 0 Å². The molecule has 0 radical (unpaired) electrons. The van der Waals surface area contributed by atoms with Gasteiger partial charge in [-0.15, -0.1) is 0 Å². The van der Waals surface area contributed by atoms with Crippen LogP contribution < -0.4 is 0 Å². The van der Waals surface area contributed by atoms with Gasteiger partial charge < -0.3 is 0 Å². The summed E-state index contributed by atoms with van der Waals surface area (Å²) in [6.07, 6.45) is 0.543. The van der Waals surface area contributed by atoms with Crippen LogP contribution in [0, 0.1) is 17.7 Å². The van der Waals surface area contributed by atoms with Gasteiger partial charge in [-0.05, 0) is 23.7 Å². The first kappa shape index (κ1) is 10.8. The van der Waals surface area contributed by atoms with E-state index in [1.165, 1.54) is 12.1 Å². The van der Waals surface area contributed by atoms with Crippen LogP contribution in [0.15, 0.2) is 23.3 Å². The first-order valence-corrected chi connectivity index (χ1v) is 4.02. The van der Waals surface area contributed by atoms with Crippen molar-refractivity contribution in [2.45, 2.75) is 0 Å². The fourth-order valence-corrected chi connectivity index (χ4v) is 0.961. The lowest BCUT2D eigenvalue weighted by molar-refractivity contribution is 0.112. The number of carbonyl (C=O) groups is 1. The topological polar surface area (TPSA) is 65.8 Å². The highest BCUT2D eigenvalue weighted by Crippen LogP contribution is 2.06. The summed E-state index contributed by atoms with van der Waals surface area (Å²) >= 11 is 0. The quantitative estimate of drug-likeness (QED) is 0.239. The third-order valence-electron chi connectivity index (χ3n) is 1.50. The SMILES string of the molecule is [N-]=[N+]=NCC#Cc1cc(F)cc(C=O)c1. The lowest BCUT2D eigenvalue weighted by Gasteiger charge is -1.93. The van der Waals surface area contributed by atoms with Crippen molar-refractivity contribution < 1.29 is 9.18 Å². The van der Waals surface area contributed by atoms with Crippen LogP contribution in [0.5, 0.6) is 0 Å². The van der Waals surface area contributed by atoms with Gasteiger partial charge >= 0.3 is 0 Å². The third-order valence-corrected chi connectivity index (χ3v) is 1.50. The van der Waals surface area contributed by atoms with Crippen molar-refractivity contribution in [2.75, 3.05) is 6.54 Å². The maximum Gasteiger partial charge on any atom is 0.150 e. The van der Waals surface area contributed by atoms with Crippen molar-refractivity contribution >= 4 is 6.29 Å². The normalized spacial score (nSPS) is 8.33. The molecule has 0 aliphatic carbocycles. The highest BCUT2D eigenvalue weighted by atomic mass is 19.1. The van der Waals surface area contributed by atoms with E-state index in [4.69, 9.17) is 5.53 Å². The number of carbonyl (C=O) groups excluding carboxylic acids is 1. The molecule has 74 valence electrons. The Balaban J connectivity index is 2.92. The minimum absolute atomic E-state index is 0.0173. The molecule has 0 aromatic heterocycles. The summed E-state index contributed by atoms with van der Waals surface area (Å²) in [5, 5.41) is 3.20. The van der Waals surface area contributed by atoms with Gasteiger partial charge in [0.1, 0.15) is 12.1 Å². The second-order valence-electron chi connectivity index (χ2n) is 2.58. The standard InChI is InChI=1S/C10H6FN3O/c11-10-5-8(2-1-3-13-14-12)4-9(6-10)7-15/h4-7H,3H2. The van der Waals surface area contributed by atoms with Gasteiger partial charge in [0, 0.05) is 16.0 Å². The summed E-state index contributed by atoms with van der Waals surface area (Å²) in [6.45, 7) is 0.0173. The molecule has 0 fully saturated rings. The van der Waals surface area contributed by atoms with Crippen LogP contribution >= 0.6 is 0 Å². The maximum atomic E-state index is 12.9. The number of nitrogens with zero attached hydrogens (tertiary/aromatic N) is 3. The third kappa shape index (κ3) is 3.51. The van der Waals surface area contributed by atoms with E-state index in [0.717, 1.165) is 6.07 Å². The second kappa shape index (κ2) is 5.43. The fourth-order valence-electron chi connectivity index (χ4n) is 0.961. The molecule has 0 heterocycles. The predicted octanol–water partition coefficient (Wildman–Crippen LogP) is 2.30. The Morgan fingerprint density at radius 1 is 1.53 bits per heavy atom. The van der Waals surface area contributed by atoms with Gasteiger partial charge in [-0.2, -0.15) is 0 Å². The summed E-state index contributed by atoms with van der Waals surface area (Å²) in [5.41, 5.74) is 8.58. The molecule has 1 aromatic carbocycles. The highest BCUT2D eigenvalue weighted by molar-refractivity contribution is 5.75. The largest absolute Gasteiger partial charge is 0.298 e. The molecule has 0 saturated carbocycles. The van der Waals surface area contributed by atoms with E-state index < -0.39 is 5.82 Å². The zero-order valence-electron chi connectivity index (χ0n) is 7.64. The van der Waals surface area contributed by atoms with Gasteiger partial charge in [-0.25, -0.2) is 4.39 Å². The highest BCUT2D eigenvalue weighted by Gasteiger charge is 1.97. The average Bonchev–Trinajstić information content (AvgIpc) is 2.23. The zero-order chi connectivity index (χ0) is 11.1. The molecular formula is C10H6FN3O. The van der Waals surface area contributed by atoms with Crippen molar-refractivity contribution in [1.29, 1.82) is 0 Å². The molecule has 0 amide bonds. The molecule has 0 saturated heterocycles. The van der Waals surface area contributed by atoms with Crippen LogP contribution in [0.3, 0.4) is 0 Å². The first-order valence-electron chi connectivity index (χ1n) is 4.02. The predicted molar refractivity (Wildman–Crippen MR) is 52.7 cm³/mol. The van der Waals surface area contributed by atoms with Crippen molar-refractivity contribution in [1.82, 2.24) is 0 Å². The molecule has 4 nitrogen and oxygen atoms in total. The van der Waals surface area contributed by atoms with E-state index in [-0.39, 0.29) is 12.1 Å². The smallest absolute Gasteiger partial charge is 0.150 e. The first-order chi connectivity index (χ1) is 7.26. The van der Waals surface area contributed by atoms with Gasteiger partial charge in [0.25, 0.3) is 0 Å². The molecule has 1 rings (SSSR count). The van der Waals surface area contributed by atoms with Gasteiger partial charge in [-0.1, -0.05) is 17.0 Å². The molecule has 1 aromatic rings. The van der Waals surface area contributed by atoms with Crippen LogP contribution in [-0.4, -0.2) is 12.8 Å². The fraction of sp³-hybridized carbons (Fsp3) is 0.100. The monoisotopic (exact) mass is 203 g/mol. The Bertz CT molecular complexity index is 481. The number of rotatable bonds is 2. The lowest BCUT2D eigenvalue weighted by atomic mass is 10.1. The summed E-state index contributed by atoms with van der Waals surface area (Å²) < 4.78 is 12.9. The minimum atomic E-state index is -0.521. The molecule has 0 atom stereocenters. The Labute approximate surface area is 85.4 Å². The molecule has 0 aliphatic heterocycles. The Kier molecular flexibility index (Phi) is 3.90. The number of halogens is 1. The van der Waals surface area contributed by atoms with E-state index in [1.807, 2.05) is 0 Å². The Hall–Kier alpha value is -2.31. The Morgan fingerprint density at radius 2 is 2.33 bits per heavy atom. The van der Waals surface area contributed by atoms with Crippen molar-refractivity contribution in [3.05, 3.63) is 45.6 Å². The van der Waals surface area contributed by atoms with Crippen LogP contribution in [0.1, 0.15) is 15.9 Å². The maximum absolute atomic E-state index is 12.9. The van der Waals surface area contributed by atoms with E-state index in [2.05, 4.69) is 21.9 Å². The molecule has 0 spiro atoms. The van der Waals surface area contributed by atoms with Gasteiger partial charge in [0.2, 0.25) is 0 Å². The summed E-state index contributed by atoms with van der Waals surface area (Å²) in [6, 6.07) is 3.78. The van der Waals surface area contributed by atoms with Crippen LogP contribution in [0.2, 0.25) is 0 Å². The Morgan fingerprint density at radius 3 is 3.00 bits per heavy atom. The van der Waals surface area contributed by atoms with E-state index in [0.29, 0.717) is 11.8 Å². The van der Waals surface area contributed by atoms with Crippen molar-refractivity contribution in [2.24, 2.45) is 5.11 Å². The number of azide groups is 1. The minimum Gasteiger partial charge on any atom is -0.298 e. The van der Waals surface area contributed by atoms with Crippen molar-refractivity contribution in [3.8, 4) is 11.8 Å². The number of hydrogen-bond donors (Lipinski definition) is 0. The zero-order valence-corrected chi connectivity index (χ0v) is 7.64. The van der Waals surface area contributed by atoms with E-state index in [9.17, 15) is 9.18 Å². The molecule has 0 N–H and O–H groups in total. The van der Waals surface area contributed by atoms with E-state index in [1.54, 1.807) is 0 Å². The molecule has 0 aliphatic rings. The lowest BCUT2D eigenvalue weighted by Crippen LogP contribution is -1.86. The molecule has 15 heavy (non-hydrogen) atoms. The molecule has 0 unspecified atom stereocenters. The number of hydrogen-bond acceptors (Lipinski definition) is 2. The number of benzene rings is 1. The van der Waals surface area contributed by atoms with E-state index >= 15 is 0 Å². The van der Waals surface area contributed by atoms with Gasteiger partial charge in [0.05, 0.1) is 6.54 Å². The number of aldehydes is 1. The van der Waals surface area contributed by atoms with Crippen LogP contribution in [-0.2, 0) is 0 Å². The van der Waals surface area contributed by atoms with Crippen LogP contribution in [0.4, 0.5) is 4.39 Å². The average molecular weight is 203 g/mol. The summed E-state index contributed by atoms with van der Waals surface area (Å²) in [7, 11) is 0. The summed E-state index contributed by atoms with van der Waals surface area (Å²) in [4.78, 5) is 12.9. The second-order valence-corrected chi connectivity index (χ2v) is 2.58. The molecular weight excluding hydrogens is 197 g/mol. The van der Waals surface area contributed by atoms with Gasteiger partial charge in [0.15, 0.2) is 0 Å². The molecule has 0 bridgehead atoms. The summed E-state index contributed by atoms with van der Waals surface area (Å²) in [5.74, 6) is 4.59. The van der Waals surface area contributed by atoms with Gasteiger partial charge in [-0.3, -0.25) is 4.79 Å².